The summed E-state index contributed by atoms with van der Waals surface area (Å²) in [6, 6.07) is 9.30. The Morgan fingerprint density at radius 2 is 1.84 bits per heavy atom. The molecule has 1 aliphatic rings. The van der Waals surface area contributed by atoms with E-state index < -0.39 is 17.7 Å². The van der Waals surface area contributed by atoms with Crippen molar-refractivity contribution in [2.24, 2.45) is 0 Å². The molecular weight excluding hydrogens is 451 g/mol. The maximum atomic E-state index is 13.1. The van der Waals surface area contributed by atoms with Crippen LogP contribution in [0.15, 0.2) is 42.0 Å². The number of amides is 1. The molecule has 1 saturated heterocycles. The summed E-state index contributed by atoms with van der Waals surface area (Å²) < 4.78 is 5.28. The van der Waals surface area contributed by atoms with Crippen molar-refractivity contribution < 1.29 is 19.4 Å². The fraction of sp³-hybridized carbons (Fsp3) is 0.333. The number of aliphatic hydroxyl groups is 1. The van der Waals surface area contributed by atoms with Gasteiger partial charge >= 0.3 is 0 Å². The first-order valence-electron chi connectivity index (χ1n) is 10.2. The molecule has 8 heteroatoms. The van der Waals surface area contributed by atoms with E-state index in [-0.39, 0.29) is 11.3 Å². The molecule has 170 valence electrons. The fourth-order valence-electron chi connectivity index (χ4n) is 3.88. The van der Waals surface area contributed by atoms with Crippen molar-refractivity contribution in [1.29, 1.82) is 0 Å². The lowest BCUT2D eigenvalue weighted by atomic mass is 9.94. The average Bonchev–Trinajstić information content (AvgIpc) is 3.00. The van der Waals surface area contributed by atoms with Gasteiger partial charge in [0.2, 0.25) is 0 Å². The zero-order valence-electron chi connectivity index (χ0n) is 18.5. The standard InChI is InChI=1S/C24H26Cl2N2O4/c1-14-12-16(7-9-19(14)32-4)22(29)20-21(15-6-8-17(25)18(26)13-15)28(24(31)23(20)30)11-5-10-27(2)3/h6-9,12-13,21,29H,5,10-11H2,1-4H3/b22-20+/t21-/m1/s1. The van der Waals surface area contributed by atoms with Gasteiger partial charge in [-0.25, -0.2) is 0 Å². The average molecular weight is 477 g/mol. The van der Waals surface area contributed by atoms with Gasteiger partial charge in [0.25, 0.3) is 11.7 Å². The second-order valence-electron chi connectivity index (χ2n) is 8.01. The van der Waals surface area contributed by atoms with Crippen molar-refractivity contribution in [3.63, 3.8) is 0 Å². The van der Waals surface area contributed by atoms with Gasteiger partial charge in [-0.05, 0) is 75.4 Å². The van der Waals surface area contributed by atoms with Crippen molar-refractivity contribution in [2.75, 3.05) is 34.3 Å². The van der Waals surface area contributed by atoms with Gasteiger partial charge in [-0.15, -0.1) is 0 Å². The number of likely N-dealkylation sites (tertiary alicyclic amines) is 1. The minimum atomic E-state index is -0.769. The number of hydrogen-bond donors (Lipinski definition) is 1. The molecule has 1 N–H and O–H groups in total. The number of Topliss-reactive ketones (excluding diaryl/α,β-unsaturated/α-hetero) is 1. The number of benzene rings is 2. The Labute approximate surface area is 198 Å². The predicted octanol–water partition coefficient (Wildman–Crippen LogP) is 4.68. The van der Waals surface area contributed by atoms with Crippen molar-refractivity contribution in [2.45, 2.75) is 19.4 Å². The van der Waals surface area contributed by atoms with Crippen LogP contribution in [-0.4, -0.2) is 60.9 Å². The van der Waals surface area contributed by atoms with Crippen LogP contribution in [0.25, 0.3) is 5.76 Å². The highest BCUT2D eigenvalue weighted by atomic mass is 35.5. The summed E-state index contributed by atoms with van der Waals surface area (Å²) >= 11 is 12.3. The lowest BCUT2D eigenvalue weighted by Gasteiger charge is -2.26. The molecule has 3 rings (SSSR count). The van der Waals surface area contributed by atoms with Gasteiger partial charge in [-0.3, -0.25) is 9.59 Å². The second-order valence-corrected chi connectivity index (χ2v) is 8.82. The molecule has 2 aromatic carbocycles. The van der Waals surface area contributed by atoms with Gasteiger partial charge in [0.05, 0.1) is 28.8 Å². The smallest absolute Gasteiger partial charge is 0.295 e. The summed E-state index contributed by atoms with van der Waals surface area (Å²) in [7, 11) is 5.44. The molecule has 1 amide bonds. The van der Waals surface area contributed by atoms with Crippen LogP contribution in [0.1, 0.15) is 29.2 Å². The number of carbonyl (C=O) groups excluding carboxylic acids is 2. The molecule has 6 nitrogen and oxygen atoms in total. The van der Waals surface area contributed by atoms with Crippen LogP contribution in [0.3, 0.4) is 0 Å². The van der Waals surface area contributed by atoms with E-state index in [2.05, 4.69) is 0 Å². The van der Waals surface area contributed by atoms with E-state index in [0.29, 0.717) is 39.9 Å². The van der Waals surface area contributed by atoms with Crippen LogP contribution in [0.5, 0.6) is 5.75 Å². The van der Waals surface area contributed by atoms with Crippen LogP contribution in [0.2, 0.25) is 10.0 Å². The number of methoxy groups -OCH3 is 1. The van der Waals surface area contributed by atoms with E-state index in [1.54, 1.807) is 43.5 Å². The van der Waals surface area contributed by atoms with Gasteiger partial charge in [-0.2, -0.15) is 0 Å². The zero-order chi connectivity index (χ0) is 23.6. The number of aliphatic hydroxyl groups excluding tert-OH is 1. The normalized spacial score (nSPS) is 18.0. The molecule has 0 spiro atoms. The minimum Gasteiger partial charge on any atom is -0.507 e. The van der Waals surface area contributed by atoms with E-state index in [9.17, 15) is 14.7 Å². The number of rotatable bonds is 7. The number of ether oxygens (including phenoxy) is 1. The van der Waals surface area contributed by atoms with E-state index in [1.807, 2.05) is 25.9 Å². The zero-order valence-corrected chi connectivity index (χ0v) is 20.0. The van der Waals surface area contributed by atoms with Gasteiger partial charge < -0.3 is 19.6 Å². The summed E-state index contributed by atoms with van der Waals surface area (Å²) in [6.07, 6.45) is 0.666. The first-order valence-corrected chi connectivity index (χ1v) is 10.9. The SMILES string of the molecule is COc1ccc(/C(O)=C2\C(=O)C(=O)N(CCCN(C)C)[C@@H]2c2ccc(Cl)c(Cl)c2)cc1C. The van der Waals surface area contributed by atoms with Crippen LogP contribution in [0.4, 0.5) is 0 Å². The largest absolute Gasteiger partial charge is 0.507 e. The highest BCUT2D eigenvalue weighted by Crippen LogP contribution is 2.41. The Kier molecular flexibility index (Phi) is 7.49. The lowest BCUT2D eigenvalue weighted by molar-refractivity contribution is -0.139. The third-order valence-corrected chi connectivity index (χ3v) is 6.21. The second kappa shape index (κ2) is 9.94. The van der Waals surface area contributed by atoms with Crippen LogP contribution in [0, 0.1) is 6.92 Å². The Balaban J connectivity index is 2.13. The third kappa shape index (κ3) is 4.77. The van der Waals surface area contributed by atoms with E-state index >= 15 is 0 Å². The number of halogens is 2. The van der Waals surface area contributed by atoms with E-state index in [4.69, 9.17) is 27.9 Å². The van der Waals surface area contributed by atoms with E-state index in [0.717, 1.165) is 12.1 Å². The van der Waals surface area contributed by atoms with Crippen molar-refractivity contribution >= 4 is 40.7 Å². The Bertz CT molecular complexity index is 1080. The molecule has 0 bridgehead atoms. The molecule has 0 unspecified atom stereocenters. The first kappa shape index (κ1) is 24.1. The predicted molar refractivity (Wildman–Crippen MR) is 126 cm³/mol. The molecule has 1 atom stereocenters. The van der Waals surface area contributed by atoms with Crippen LogP contribution < -0.4 is 4.74 Å². The van der Waals surface area contributed by atoms with Gasteiger partial charge in [-0.1, -0.05) is 29.3 Å². The lowest BCUT2D eigenvalue weighted by Crippen LogP contribution is -2.32. The Morgan fingerprint density at radius 3 is 2.44 bits per heavy atom. The van der Waals surface area contributed by atoms with E-state index in [1.165, 1.54) is 4.90 Å². The molecule has 0 radical (unpaired) electrons. The monoisotopic (exact) mass is 476 g/mol. The molecular formula is C24H26Cl2N2O4. The molecule has 1 fully saturated rings. The minimum absolute atomic E-state index is 0.0304. The maximum absolute atomic E-state index is 13.1. The van der Waals surface area contributed by atoms with Gasteiger partial charge in [0.1, 0.15) is 11.5 Å². The molecule has 0 aromatic heterocycles. The summed E-state index contributed by atoms with van der Waals surface area (Å²) in [4.78, 5) is 29.5. The summed E-state index contributed by atoms with van der Waals surface area (Å²) in [5, 5.41) is 11.8. The number of aryl methyl sites for hydroxylation is 1. The highest BCUT2D eigenvalue weighted by Gasteiger charge is 2.45. The van der Waals surface area contributed by atoms with Crippen molar-refractivity contribution in [3.8, 4) is 5.75 Å². The quantitative estimate of drug-likeness (QED) is 0.356. The number of nitrogens with zero attached hydrogens (tertiary/aromatic N) is 2. The Hall–Kier alpha value is -2.54. The maximum Gasteiger partial charge on any atom is 0.295 e. The summed E-state index contributed by atoms with van der Waals surface area (Å²) in [5.74, 6) is -0.949. The summed E-state index contributed by atoms with van der Waals surface area (Å²) in [5.41, 5.74) is 1.86. The number of carbonyl (C=O) groups is 2. The number of ketones is 1. The van der Waals surface area contributed by atoms with Crippen molar-refractivity contribution in [1.82, 2.24) is 9.80 Å². The molecule has 0 saturated carbocycles. The molecule has 1 aliphatic heterocycles. The summed E-state index contributed by atoms with van der Waals surface area (Å²) in [6.45, 7) is 2.94. The fourth-order valence-corrected chi connectivity index (χ4v) is 4.18. The molecule has 32 heavy (non-hydrogen) atoms. The molecule has 1 heterocycles. The first-order chi connectivity index (χ1) is 15.1. The van der Waals surface area contributed by atoms with Crippen LogP contribution >= 0.6 is 23.2 Å². The Morgan fingerprint density at radius 1 is 1.12 bits per heavy atom. The third-order valence-electron chi connectivity index (χ3n) is 5.47. The van der Waals surface area contributed by atoms with Crippen LogP contribution in [-0.2, 0) is 9.59 Å². The van der Waals surface area contributed by atoms with Gasteiger partial charge in [0, 0.05) is 12.1 Å². The molecule has 0 aliphatic carbocycles. The van der Waals surface area contributed by atoms with Gasteiger partial charge in [0.15, 0.2) is 0 Å². The highest BCUT2D eigenvalue weighted by molar-refractivity contribution is 6.46. The molecule has 2 aromatic rings. The topological polar surface area (TPSA) is 70.1 Å². The van der Waals surface area contributed by atoms with Crippen molar-refractivity contribution in [3.05, 3.63) is 68.7 Å². The number of hydrogen-bond acceptors (Lipinski definition) is 5.